The minimum absolute atomic E-state index is 0.0841. The Kier molecular flexibility index (Phi) is 4.24. The zero-order valence-corrected chi connectivity index (χ0v) is 11.6. The third-order valence-corrected chi connectivity index (χ3v) is 3.38. The Labute approximate surface area is 114 Å². The number of carbonyl (C=O) groups excluding carboxylic acids is 1. The van der Waals surface area contributed by atoms with Crippen molar-refractivity contribution in [2.45, 2.75) is 19.8 Å². The van der Waals surface area contributed by atoms with E-state index < -0.39 is 0 Å². The van der Waals surface area contributed by atoms with E-state index in [1.807, 2.05) is 37.1 Å². The Bertz CT molecular complexity index is 535. The van der Waals surface area contributed by atoms with Gasteiger partial charge in [-0.2, -0.15) is 0 Å². The number of amides is 1. The van der Waals surface area contributed by atoms with Crippen molar-refractivity contribution < 1.29 is 4.79 Å². The molecule has 1 aromatic carbocycles. The predicted octanol–water partition coefficient (Wildman–Crippen LogP) is 1.79. The molecule has 0 saturated heterocycles. The molecule has 0 heterocycles. The Morgan fingerprint density at radius 3 is 2.84 bits per heavy atom. The van der Waals surface area contributed by atoms with Gasteiger partial charge in [-0.3, -0.25) is 4.79 Å². The second-order valence-corrected chi connectivity index (χ2v) is 5.16. The number of rotatable bonds is 3. The highest BCUT2D eigenvalue weighted by molar-refractivity contribution is 5.95. The standard InChI is InChI=1S/C16H20N2O/c1-12-5-6-13(4-3-9-17)10-15(12)16(19)18(2)11-14-7-8-14/h5-6,10,14H,7-9,11,17H2,1-2H3. The van der Waals surface area contributed by atoms with E-state index in [1.54, 1.807) is 0 Å². The van der Waals surface area contributed by atoms with Gasteiger partial charge in [0.05, 0.1) is 6.54 Å². The van der Waals surface area contributed by atoms with Gasteiger partial charge in [0.1, 0.15) is 0 Å². The van der Waals surface area contributed by atoms with E-state index in [1.165, 1.54) is 12.8 Å². The number of carbonyl (C=O) groups is 1. The summed E-state index contributed by atoms with van der Waals surface area (Å²) in [5, 5.41) is 0. The molecule has 1 aromatic rings. The summed E-state index contributed by atoms with van der Waals surface area (Å²) in [5.41, 5.74) is 7.95. The van der Waals surface area contributed by atoms with Gasteiger partial charge in [-0.25, -0.2) is 0 Å². The first-order valence-corrected chi connectivity index (χ1v) is 6.67. The normalized spacial score (nSPS) is 13.6. The fourth-order valence-corrected chi connectivity index (χ4v) is 2.06. The molecule has 19 heavy (non-hydrogen) atoms. The second-order valence-electron chi connectivity index (χ2n) is 5.16. The summed E-state index contributed by atoms with van der Waals surface area (Å²) in [6.07, 6.45) is 2.50. The average molecular weight is 256 g/mol. The van der Waals surface area contributed by atoms with Crippen LogP contribution in [0.25, 0.3) is 0 Å². The highest BCUT2D eigenvalue weighted by Gasteiger charge is 2.25. The largest absolute Gasteiger partial charge is 0.341 e. The Hall–Kier alpha value is -1.79. The van der Waals surface area contributed by atoms with Gasteiger partial charge in [-0.1, -0.05) is 17.9 Å². The van der Waals surface area contributed by atoms with Gasteiger partial charge in [-0.15, -0.1) is 0 Å². The van der Waals surface area contributed by atoms with Gasteiger partial charge in [-0.05, 0) is 43.4 Å². The van der Waals surface area contributed by atoms with Crippen LogP contribution in [0.1, 0.15) is 34.3 Å². The lowest BCUT2D eigenvalue weighted by molar-refractivity contribution is 0.0788. The SMILES string of the molecule is Cc1ccc(C#CCN)cc1C(=O)N(C)CC1CC1. The summed E-state index contributed by atoms with van der Waals surface area (Å²) in [7, 11) is 1.87. The maximum absolute atomic E-state index is 12.4. The smallest absolute Gasteiger partial charge is 0.253 e. The first-order valence-electron chi connectivity index (χ1n) is 6.67. The highest BCUT2D eigenvalue weighted by atomic mass is 16.2. The Balaban J connectivity index is 2.18. The fraction of sp³-hybridized carbons (Fsp3) is 0.438. The molecule has 3 heteroatoms. The first-order chi connectivity index (χ1) is 9.11. The first kappa shape index (κ1) is 13.6. The quantitative estimate of drug-likeness (QED) is 0.838. The molecule has 0 bridgehead atoms. The molecule has 2 rings (SSSR count). The minimum atomic E-state index is 0.0841. The van der Waals surface area contributed by atoms with Crippen molar-refractivity contribution in [1.29, 1.82) is 0 Å². The molecule has 0 unspecified atom stereocenters. The Morgan fingerprint density at radius 2 is 2.21 bits per heavy atom. The van der Waals surface area contributed by atoms with Crippen molar-refractivity contribution in [2.75, 3.05) is 20.1 Å². The summed E-state index contributed by atoms with van der Waals surface area (Å²) in [4.78, 5) is 14.2. The summed E-state index contributed by atoms with van der Waals surface area (Å²) in [6.45, 7) is 3.15. The van der Waals surface area contributed by atoms with E-state index >= 15 is 0 Å². The minimum Gasteiger partial charge on any atom is -0.341 e. The molecule has 100 valence electrons. The van der Waals surface area contributed by atoms with Crippen molar-refractivity contribution in [3.63, 3.8) is 0 Å². The number of aryl methyl sites for hydroxylation is 1. The number of nitrogens with zero attached hydrogens (tertiary/aromatic N) is 1. The summed E-state index contributed by atoms with van der Waals surface area (Å²) in [5.74, 6) is 6.57. The van der Waals surface area contributed by atoms with E-state index in [0.29, 0.717) is 12.5 Å². The Morgan fingerprint density at radius 1 is 1.47 bits per heavy atom. The lowest BCUT2D eigenvalue weighted by Gasteiger charge is -2.18. The number of hydrogen-bond acceptors (Lipinski definition) is 2. The van der Waals surface area contributed by atoms with Gasteiger partial charge in [0, 0.05) is 24.7 Å². The van der Waals surface area contributed by atoms with E-state index in [9.17, 15) is 4.79 Å². The third-order valence-electron chi connectivity index (χ3n) is 3.38. The van der Waals surface area contributed by atoms with Crippen LogP contribution in [0.3, 0.4) is 0 Å². The monoisotopic (exact) mass is 256 g/mol. The topological polar surface area (TPSA) is 46.3 Å². The molecule has 1 amide bonds. The van der Waals surface area contributed by atoms with E-state index in [4.69, 9.17) is 5.73 Å². The molecule has 0 atom stereocenters. The molecule has 0 aromatic heterocycles. The fourth-order valence-electron chi connectivity index (χ4n) is 2.06. The molecule has 0 spiro atoms. The zero-order chi connectivity index (χ0) is 13.8. The number of benzene rings is 1. The lowest BCUT2D eigenvalue weighted by Crippen LogP contribution is -2.29. The molecule has 0 radical (unpaired) electrons. The average Bonchev–Trinajstić information content (AvgIpc) is 3.21. The summed E-state index contributed by atoms with van der Waals surface area (Å²) < 4.78 is 0. The predicted molar refractivity (Wildman–Crippen MR) is 76.8 cm³/mol. The van der Waals surface area contributed by atoms with Crippen LogP contribution >= 0.6 is 0 Å². The number of nitrogens with two attached hydrogens (primary N) is 1. The lowest BCUT2D eigenvalue weighted by atomic mass is 10.0. The van der Waals surface area contributed by atoms with Crippen molar-refractivity contribution in [3.05, 3.63) is 34.9 Å². The molecule has 1 fully saturated rings. The van der Waals surface area contributed by atoms with Crippen molar-refractivity contribution in [3.8, 4) is 11.8 Å². The maximum Gasteiger partial charge on any atom is 0.253 e. The summed E-state index contributed by atoms with van der Waals surface area (Å²) in [6, 6.07) is 5.73. The second kappa shape index (κ2) is 5.90. The van der Waals surface area contributed by atoms with Gasteiger partial charge in [0.25, 0.3) is 5.91 Å². The van der Waals surface area contributed by atoms with E-state index in [0.717, 1.165) is 23.2 Å². The van der Waals surface area contributed by atoms with Crippen LogP contribution in [0.5, 0.6) is 0 Å². The summed E-state index contributed by atoms with van der Waals surface area (Å²) >= 11 is 0. The maximum atomic E-state index is 12.4. The van der Waals surface area contributed by atoms with Crippen molar-refractivity contribution >= 4 is 5.91 Å². The molecular weight excluding hydrogens is 236 g/mol. The van der Waals surface area contributed by atoms with Crippen LogP contribution in [0.15, 0.2) is 18.2 Å². The van der Waals surface area contributed by atoms with Crippen molar-refractivity contribution in [2.24, 2.45) is 11.7 Å². The molecule has 1 aliphatic rings. The third kappa shape index (κ3) is 3.59. The number of hydrogen-bond donors (Lipinski definition) is 1. The van der Waals surface area contributed by atoms with Crippen molar-refractivity contribution in [1.82, 2.24) is 4.90 Å². The molecule has 0 aliphatic heterocycles. The van der Waals surface area contributed by atoms with Crippen LogP contribution in [0.2, 0.25) is 0 Å². The van der Waals surface area contributed by atoms with Gasteiger partial charge in [0.15, 0.2) is 0 Å². The molecule has 1 aliphatic carbocycles. The van der Waals surface area contributed by atoms with Crippen LogP contribution < -0.4 is 5.73 Å². The van der Waals surface area contributed by atoms with Crippen LogP contribution in [-0.4, -0.2) is 30.9 Å². The zero-order valence-electron chi connectivity index (χ0n) is 11.6. The van der Waals surface area contributed by atoms with E-state index in [2.05, 4.69) is 11.8 Å². The molecule has 3 nitrogen and oxygen atoms in total. The van der Waals surface area contributed by atoms with Crippen LogP contribution in [0.4, 0.5) is 0 Å². The van der Waals surface area contributed by atoms with Gasteiger partial charge in [0.2, 0.25) is 0 Å². The molecule has 2 N–H and O–H groups in total. The van der Waals surface area contributed by atoms with Crippen LogP contribution in [-0.2, 0) is 0 Å². The highest BCUT2D eigenvalue weighted by Crippen LogP contribution is 2.29. The van der Waals surface area contributed by atoms with E-state index in [-0.39, 0.29) is 5.91 Å². The van der Waals surface area contributed by atoms with Gasteiger partial charge >= 0.3 is 0 Å². The van der Waals surface area contributed by atoms with Crippen LogP contribution in [0, 0.1) is 24.7 Å². The van der Waals surface area contributed by atoms with Gasteiger partial charge < -0.3 is 10.6 Å². The molecule has 1 saturated carbocycles. The molecular formula is C16H20N2O.